The van der Waals surface area contributed by atoms with Gasteiger partial charge >= 0.3 is 0 Å². The predicted molar refractivity (Wildman–Crippen MR) is 55.9 cm³/mol. The number of hydrogen-bond acceptors (Lipinski definition) is 4. The molecular formula is C11H16O4. The lowest BCUT2D eigenvalue weighted by molar-refractivity contribution is 0.132. The lowest BCUT2D eigenvalue weighted by atomic mass is 10.1. The van der Waals surface area contributed by atoms with Gasteiger partial charge in [0.05, 0.1) is 6.61 Å². The van der Waals surface area contributed by atoms with Crippen LogP contribution in [-0.2, 0) is 0 Å². The summed E-state index contributed by atoms with van der Waals surface area (Å²) in [5, 5.41) is 27.0. The highest BCUT2D eigenvalue weighted by atomic mass is 16.5. The van der Waals surface area contributed by atoms with Gasteiger partial charge in [0, 0.05) is 19.1 Å². The molecule has 4 heteroatoms. The van der Waals surface area contributed by atoms with E-state index < -0.39 is 0 Å². The number of phenolic OH excluding ortho intramolecular Hbond substituents is 1. The van der Waals surface area contributed by atoms with Crippen molar-refractivity contribution in [2.75, 3.05) is 19.8 Å². The van der Waals surface area contributed by atoms with Crippen molar-refractivity contribution in [3.63, 3.8) is 0 Å². The minimum Gasteiger partial charge on any atom is -0.504 e. The summed E-state index contributed by atoms with van der Waals surface area (Å²) < 4.78 is 5.32. The first-order valence-corrected chi connectivity index (χ1v) is 4.90. The third kappa shape index (κ3) is 3.77. The largest absolute Gasteiger partial charge is 0.504 e. The highest BCUT2D eigenvalue weighted by Crippen LogP contribution is 2.24. The molecule has 0 aliphatic carbocycles. The number of ether oxygens (including phenoxy) is 1. The van der Waals surface area contributed by atoms with E-state index in [4.69, 9.17) is 14.9 Å². The first-order chi connectivity index (χ1) is 7.27. The Morgan fingerprint density at radius 2 is 1.93 bits per heavy atom. The summed E-state index contributed by atoms with van der Waals surface area (Å²) in [6.07, 6.45) is 0.490. The number of aromatic hydroxyl groups is 1. The molecule has 0 bridgehead atoms. The molecule has 1 atom stereocenters. The van der Waals surface area contributed by atoms with Gasteiger partial charge in [-0.05, 0) is 18.6 Å². The van der Waals surface area contributed by atoms with Crippen molar-refractivity contribution in [3.05, 3.63) is 24.3 Å². The van der Waals surface area contributed by atoms with Gasteiger partial charge in [-0.25, -0.2) is 0 Å². The van der Waals surface area contributed by atoms with Gasteiger partial charge in [0.2, 0.25) is 0 Å². The molecule has 4 nitrogen and oxygen atoms in total. The molecule has 0 heterocycles. The maximum Gasteiger partial charge on any atom is 0.160 e. The molecule has 0 radical (unpaired) electrons. The molecule has 1 rings (SSSR count). The second-order valence-corrected chi connectivity index (χ2v) is 3.34. The molecule has 84 valence electrons. The molecule has 0 saturated carbocycles. The molecule has 3 N–H and O–H groups in total. The van der Waals surface area contributed by atoms with Crippen molar-refractivity contribution < 1.29 is 20.1 Å². The highest BCUT2D eigenvalue weighted by molar-refractivity contribution is 5.37. The summed E-state index contributed by atoms with van der Waals surface area (Å²) in [6, 6.07) is 6.66. The van der Waals surface area contributed by atoms with E-state index in [1.807, 2.05) is 0 Å². The molecule has 0 spiro atoms. The molecule has 0 aromatic heterocycles. The van der Waals surface area contributed by atoms with Crippen LogP contribution in [0.15, 0.2) is 24.3 Å². The Bertz CT molecular complexity index is 288. The van der Waals surface area contributed by atoms with Crippen LogP contribution >= 0.6 is 0 Å². The maximum absolute atomic E-state index is 9.39. The summed E-state index contributed by atoms with van der Waals surface area (Å²) in [5.41, 5.74) is 0. The fraction of sp³-hybridized carbons (Fsp3) is 0.455. The van der Waals surface area contributed by atoms with Crippen LogP contribution in [0.1, 0.15) is 6.42 Å². The monoisotopic (exact) mass is 212 g/mol. The summed E-state index contributed by atoms with van der Waals surface area (Å²) >= 11 is 0. The molecule has 0 aliphatic heterocycles. The number of aliphatic hydroxyl groups is 2. The molecule has 1 unspecified atom stereocenters. The summed E-state index contributed by atoms with van der Waals surface area (Å²) in [4.78, 5) is 0. The van der Waals surface area contributed by atoms with Crippen LogP contribution in [0.25, 0.3) is 0 Å². The average Bonchev–Trinajstić information content (AvgIpc) is 2.26. The molecular weight excluding hydrogens is 196 g/mol. The van der Waals surface area contributed by atoms with Gasteiger partial charge in [-0.15, -0.1) is 0 Å². The standard InChI is InChI=1S/C11H16O4/c12-6-5-9(7-13)8-15-11-4-2-1-3-10(11)14/h1-4,9,12-14H,5-8H2. The lowest BCUT2D eigenvalue weighted by Crippen LogP contribution is -2.17. The SMILES string of the molecule is OCCC(CO)COc1ccccc1O. The Morgan fingerprint density at radius 3 is 2.53 bits per heavy atom. The van der Waals surface area contributed by atoms with E-state index in [1.54, 1.807) is 18.2 Å². The van der Waals surface area contributed by atoms with Gasteiger partial charge < -0.3 is 20.1 Å². The zero-order chi connectivity index (χ0) is 11.1. The fourth-order valence-corrected chi connectivity index (χ4v) is 1.20. The third-order valence-electron chi connectivity index (χ3n) is 2.14. The van der Waals surface area contributed by atoms with E-state index >= 15 is 0 Å². The van der Waals surface area contributed by atoms with Crippen molar-refractivity contribution in [2.24, 2.45) is 5.92 Å². The number of benzene rings is 1. The second kappa shape index (κ2) is 6.27. The van der Waals surface area contributed by atoms with Crippen LogP contribution in [0.3, 0.4) is 0 Å². The zero-order valence-corrected chi connectivity index (χ0v) is 8.47. The van der Waals surface area contributed by atoms with E-state index in [0.29, 0.717) is 12.2 Å². The van der Waals surface area contributed by atoms with Crippen LogP contribution in [0.5, 0.6) is 11.5 Å². The van der Waals surface area contributed by atoms with Crippen LogP contribution in [0.2, 0.25) is 0 Å². The quantitative estimate of drug-likeness (QED) is 0.651. The molecule has 1 aromatic rings. The van der Waals surface area contributed by atoms with Gasteiger partial charge in [-0.2, -0.15) is 0 Å². The third-order valence-corrected chi connectivity index (χ3v) is 2.14. The van der Waals surface area contributed by atoms with Crippen LogP contribution in [0, 0.1) is 5.92 Å². The van der Waals surface area contributed by atoms with Gasteiger partial charge in [0.25, 0.3) is 0 Å². The molecule has 1 aromatic carbocycles. The first-order valence-electron chi connectivity index (χ1n) is 4.90. The van der Waals surface area contributed by atoms with E-state index in [-0.39, 0.29) is 31.5 Å². The van der Waals surface area contributed by atoms with Gasteiger partial charge in [0.1, 0.15) is 0 Å². The van der Waals surface area contributed by atoms with Crippen molar-refractivity contribution in [3.8, 4) is 11.5 Å². The van der Waals surface area contributed by atoms with Crippen molar-refractivity contribution in [1.29, 1.82) is 0 Å². The molecule has 0 fully saturated rings. The van der Waals surface area contributed by atoms with Crippen molar-refractivity contribution >= 4 is 0 Å². The number of para-hydroxylation sites is 2. The van der Waals surface area contributed by atoms with Crippen LogP contribution < -0.4 is 4.74 Å². The number of phenols is 1. The molecule has 0 saturated heterocycles. The maximum atomic E-state index is 9.39. The zero-order valence-electron chi connectivity index (χ0n) is 8.47. The van der Waals surface area contributed by atoms with E-state index in [0.717, 1.165) is 0 Å². The van der Waals surface area contributed by atoms with Crippen molar-refractivity contribution in [2.45, 2.75) is 6.42 Å². The normalized spacial score (nSPS) is 12.4. The van der Waals surface area contributed by atoms with E-state index in [2.05, 4.69) is 0 Å². The topological polar surface area (TPSA) is 69.9 Å². The fourth-order valence-electron chi connectivity index (χ4n) is 1.20. The number of aliphatic hydroxyl groups excluding tert-OH is 2. The summed E-state index contributed by atoms with van der Waals surface area (Å²) in [6.45, 7) is 0.276. The minimum atomic E-state index is -0.102. The number of rotatable bonds is 6. The van der Waals surface area contributed by atoms with Gasteiger partial charge in [-0.3, -0.25) is 0 Å². The molecule has 0 amide bonds. The Hall–Kier alpha value is -1.26. The second-order valence-electron chi connectivity index (χ2n) is 3.34. The van der Waals surface area contributed by atoms with Gasteiger partial charge in [0.15, 0.2) is 11.5 Å². The molecule has 0 aliphatic rings. The summed E-state index contributed by atoms with van der Waals surface area (Å²) in [7, 11) is 0. The van der Waals surface area contributed by atoms with E-state index in [1.165, 1.54) is 6.07 Å². The Labute approximate surface area is 88.8 Å². The first kappa shape index (κ1) is 11.8. The highest BCUT2D eigenvalue weighted by Gasteiger charge is 2.09. The van der Waals surface area contributed by atoms with Crippen molar-refractivity contribution in [1.82, 2.24) is 0 Å². The number of hydrogen-bond donors (Lipinski definition) is 3. The van der Waals surface area contributed by atoms with E-state index in [9.17, 15) is 5.11 Å². The lowest BCUT2D eigenvalue weighted by Gasteiger charge is -2.14. The van der Waals surface area contributed by atoms with Gasteiger partial charge in [-0.1, -0.05) is 12.1 Å². The smallest absolute Gasteiger partial charge is 0.160 e. The van der Waals surface area contributed by atoms with Crippen LogP contribution in [0.4, 0.5) is 0 Å². The molecule has 15 heavy (non-hydrogen) atoms. The van der Waals surface area contributed by atoms with Crippen LogP contribution in [-0.4, -0.2) is 35.1 Å². The average molecular weight is 212 g/mol. The Balaban J connectivity index is 2.45. The Morgan fingerprint density at radius 1 is 1.20 bits per heavy atom. The Kier molecular flexibility index (Phi) is 4.93. The minimum absolute atomic E-state index is 0.0232. The summed E-state index contributed by atoms with van der Waals surface area (Å²) in [5.74, 6) is 0.377. The predicted octanol–water partition coefficient (Wildman–Crippen LogP) is 0.762.